The van der Waals surface area contributed by atoms with Gasteiger partial charge in [-0.15, -0.1) is 0 Å². The lowest BCUT2D eigenvalue weighted by molar-refractivity contribution is -0.457. The Labute approximate surface area is 311 Å². The number of allylic oxidation sites excluding steroid dienone is 1. The van der Waals surface area contributed by atoms with Gasteiger partial charge in [0.15, 0.2) is 0 Å². The van der Waals surface area contributed by atoms with Crippen LogP contribution >= 0.6 is 0 Å². The van der Waals surface area contributed by atoms with Crippen LogP contribution in [0.15, 0.2) is 23.8 Å². The van der Waals surface area contributed by atoms with Crippen LogP contribution in [0.5, 0.6) is 0 Å². The number of aliphatic carboxylic acids is 1. The third-order valence-electron chi connectivity index (χ3n) is 7.17. The van der Waals surface area contributed by atoms with Gasteiger partial charge in [0.1, 0.15) is 0 Å². The average Bonchev–Trinajstić information content (AvgIpc) is 3.00. The van der Waals surface area contributed by atoms with E-state index in [9.17, 15) is 141 Å². The Morgan fingerprint density at radius 2 is 0.733 bits per heavy atom. The lowest BCUT2D eigenvalue weighted by Gasteiger charge is -2.43. The van der Waals surface area contributed by atoms with Gasteiger partial charge in [0, 0.05) is 17.6 Å². The first-order chi connectivity index (χ1) is 25.7. The van der Waals surface area contributed by atoms with Crippen molar-refractivity contribution in [3.05, 3.63) is 23.8 Å². The third kappa shape index (κ3) is 9.68. The molecule has 0 aromatic carbocycles. The van der Waals surface area contributed by atoms with Crippen molar-refractivity contribution < 1.29 is 151 Å². The highest BCUT2D eigenvalue weighted by atomic mass is 19.5. The smallest absolute Gasteiger partial charge is 0.438 e. The molecule has 0 atom stereocenters. The van der Waals surface area contributed by atoms with Gasteiger partial charge in [-0.2, -0.15) is 123 Å². The van der Waals surface area contributed by atoms with Gasteiger partial charge in [-0.1, -0.05) is 12.7 Å². The van der Waals surface area contributed by atoms with Gasteiger partial charge < -0.3 is 9.84 Å². The number of carbonyl (C=O) groups is 2. The lowest BCUT2D eigenvalue weighted by atomic mass is 9.85. The van der Waals surface area contributed by atoms with E-state index >= 15 is 0 Å². The second-order valence-corrected chi connectivity index (χ2v) is 11.6. The van der Waals surface area contributed by atoms with Crippen molar-refractivity contribution in [2.45, 2.75) is 117 Å². The minimum Gasteiger partial charge on any atom is -0.478 e. The first-order valence-corrected chi connectivity index (χ1v) is 14.1. The molecule has 0 rings (SSSR count). The maximum absolute atomic E-state index is 13.4. The second-order valence-electron chi connectivity index (χ2n) is 11.6. The molecule has 0 saturated heterocycles. The van der Waals surface area contributed by atoms with Crippen LogP contribution in [-0.4, -0.2) is 107 Å². The number of ether oxygens (including phenoxy) is 1. The summed E-state index contributed by atoms with van der Waals surface area (Å²) in [5.41, 5.74) is -18.0. The van der Waals surface area contributed by atoms with Crippen LogP contribution in [0.1, 0.15) is 33.1 Å². The zero-order valence-electron chi connectivity index (χ0n) is 28.1. The molecule has 0 bridgehead atoms. The molecule has 0 aromatic heterocycles. The summed E-state index contributed by atoms with van der Waals surface area (Å²) in [5, 5.41) is 8.37. The Kier molecular flexibility index (Phi) is 16.4. The zero-order chi connectivity index (χ0) is 49.6. The summed E-state index contributed by atoms with van der Waals surface area (Å²) in [6.07, 6.45) is -38.6. The number of alkyl halides is 30. The first kappa shape index (κ1) is 58.4. The van der Waals surface area contributed by atoms with Crippen LogP contribution < -0.4 is 0 Å². The van der Waals surface area contributed by atoms with Crippen molar-refractivity contribution >= 4 is 11.9 Å². The molecule has 0 aliphatic heterocycles. The normalized spacial score (nSPS) is 15.6. The van der Waals surface area contributed by atoms with Gasteiger partial charge in [0.2, 0.25) is 0 Å². The van der Waals surface area contributed by atoms with E-state index in [4.69, 9.17) is 5.11 Å². The Hall–Kier alpha value is -3.68. The minimum atomic E-state index is -8.46. The molecular formula is C26H18F30O4. The van der Waals surface area contributed by atoms with Crippen LogP contribution in [0.4, 0.5) is 132 Å². The number of hydrogen-bond acceptors (Lipinski definition) is 3. The molecule has 0 spiro atoms. The molecule has 0 unspecified atom stereocenters. The van der Waals surface area contributed by atoms with E-state index in [1.165, 1.54) is 0 Å². The summed E-state index contributed by atoms with van der Waals surface area (Å²) in [4.78, 5) is 21.2. The van der Waals surface area contributed by atoms with E-state index in [2.05, 4.69) is 11.3 Å². The summed E-state index contributed by atoms with van der Waals surface area (Å²) in [6.45, 7) is 2.53. The topological polar surface area (TPSA) is 63.6 Å². The fourth-order valence-corrected chi connectivity index (χ4v) is 3.59. The Morgan fingerprint density at radius 1 is 0.467 bits per heavy atom. The van der Waals surface area contributed by atoms with Crippen LogP contribution in [0.3, 0.4) is 0 Å². The summed E-state index contributed by atoms with van der Waals surface area (Å²) in [6, 6.07) is 0. The summed E-state index contributed by atoms with van der Waals surface area (Å²) >= 11 is 0. The van der Waals surface area contributed by atoms with Gasteiger partial charge in [-0.05, 0) is 20.3 Å². The number of hydrogen-bond donors (Lipinski definition) is 1. The molecular weight excluding hydrogens is 946 g/mol. The van der Waals surface area contributed by atoms with Crippen molar-refractivity contribution in [1.29, 1.82) is 0 Å². The van der Waals surface area contributed by atoms with Gasteiger partial charge in [0.25, 0.3) is 0 Å². The third-order valence-corrected chi connectivity index (χ3v) is 7.17. The molecule has 0 saturated carbocycles. The van der Waals surface area contributed by atoms with E-state index in [-0.39, 0.29) is 6.08 Å². The number of esters is 1. The van der Waals surface area contributed by atoms with Gasteiger partial charge in [-0.3, -0.25) is 0 Å². The van der Waals surface area contributed by atoms with Gasteiger partial charge in [0.05, 0.1) is 13.0 Å². The minimum absolute atomic E-state index is 0.202. The summed E-state index contributed by atoms with van der Waals surface area (Å²) < 4.78 is 392. The molecule has 0 heterocycles. The van der Waals surface area contributed by atoms with Crippen molar-refractivity contribution in [1.82, 2.24) is 0 Å². The Balaban J connectivity index is 0. The predicted molar refractivity (Wildman–Crippen MR) is 132 cm³/mol. The molecule has 0 fully saturated rings. The molecule has 0 aliphatic carbocycles. The molecule has 0 aliphatic rings. The molecule has 0 radical (unpaired) electrons. The second kappa shape index (κ2) is 16.9. The molecule has 60 heavy (non-hydrogen) atoms. The van der Waals surface area contributed by atoms with E-state index in [1.807, 2.05) is 0 Å². The lowest BCUT2D eigenvalue weighted by Crippen LogP contribution is -2.75. The largest absolute Gasteiger partial charge is 0.478 e. The van der Waals surface area contributed by atoms with Crippen molar-refractivity contribution in [2.24, 2.45) is 0 Å². The highest BCUT2D eigenvalue weighted by Crippen LogP contribution is 2.66. The molecule has 356 valence electrons. The number of carbonyl (C=O) groups excluding carboxylic acids is 1. The SMILES string of the molecule is C=C(C)C(=O)OCCC(F)(F)C(F)(F)C(F)(F)C(F)(F)C(F)(C(F)(F)F)C(F)(F)F.CC(=CCCC(F)(F)C(F)(F)C(F)(F)C(F)(F)C(F)(C(F)(F)F)C(F)(F)F)C(=O)O. The first-order valence-electron chi connectivity index (χ1n) is 14.1. The van der Waals surface area contributed by atoms with Gasteiger partial charge >= 0.3 is 95.4 Å². The highest BCUT2D eigenvalue weighted by Gasteiger charge is 2.97. The monoisotopic (exact) mass is 964 g/mol. The standard InChI is InChI=1S/2C13H9F15O2/c1-5(2)6(29)30-4-3-7(14,15)9(17,18)11(21,22)10(19,20)8(16,12(23,24)25)13(26,27)28;1-5(6(29)30)3-2-4-7(14,15)9(17,18)11(21,22)10(19,20)8(16,12(23,24)25)13(26,27)28/h1,3-4H2,2H3;3H,2,4H2,1H3,(H,29,30). The van der Waals surface area contributed by atoms with Gasteiger partial charge in [-0.25, -0.2) is 18.4 Å². The van der Waals surface area contributed by atoms with E-state index in [0.717, 1.165) is 6.92 Å². The Morgan fingerprint density at radius 3 is 0.967 bits per heavy atom. The quantitative estimate of drug-likeness (QED) is 0.0951. The Bertz CT molecular complexity index is 1530. The molecule has 34 heteroatoms. The predicted octanol–water partition coefficient (Wildman–Crippen LogP) is 12.0. The number of carboxylic acid groups (broad SMARTS) is 1. The fourth-order valence-electron chi connectivity index (χ4n) is 3.59. The van der Waals surface area contributed by atoms with E-state index in [1.54, 1.807) is 0 Å². The van der Waals surface area contributed by atoms with Crippen molar-refractivity contribution in [3.8, 4) is 0 Å². The van der Waals surface area contributed by atoms with E-state index in [0.29, 0.717) is 6.92 Å². The van der Waals surface area contributed by atoms with Crippen LogP contribution in [0.25, 0.3) is 0 Å². The average molecular weight is 964 g/mol. The molecule has 1 N–H and O–H groups in total. The molecule has 0 amide bonds. The number of carboxylic acids is 1. The van der Waals surface area contributed by atoms with Crippen LogP contribution in [0, 0.1) is 0 Å². The van der Waals surface area contributed by atoms with Crippen molar-refractivity contribution in [2.75, 3.05) is 6.61 Å². The number of halogens is 30. The highest BCUT2D eigenvalue weighted by molar-refractivity contribution is 5.87. The summed E-state index contributed by atoms with van der Waals surface area (Å²) in [7, 11) is 0. The maximum Gasteiger partial charge on any atom is 0.438 e. The van der Waals surface area contributed by atoms with E-state index < -0.39 is 132 Å². The molecule has 4 nitrogen and oxygen atoms in total. The summed E-state index contributed by atoms with van der Waals surface area (Å²) in [5.74, 6) is -65.0. The van der Waals surface area contributed by atoms with Crippen molar-refractivity contribution in [3.63, 3.8) is 0 Å². The van der Waals surface area contributed by atoms with Crippen LogP contribution in [-0.2, 0) is 14.3 Å². The maximum atomic E-state index is 13.4. The number of rotatable bonds is 16. The fraction of sp³-hybridized carbons (Fsp3) is 0.769. The molecule has 0 aromatic rings. The zero-order valence-corrected chi connectivity index (χ0v) is 28.1. The van der Waals surface area contributed by atoms with Crippen LogP contribution in [0.2, 0.25) is 0 Å².